The second-order valence-corrected chi connectivity index (χ2v) is 7.84. The van der Waals surface area contributed by atoms with E-state index in [1.165, 1.54) is 0 Å². The van der Waals surface area contributed by atoms with E-state index in [4.69, 9.17) is 9.47 Å². The van der Waals surface area contributed by atoms with Crippen LogP contribution in [-0.2, 0) is 10.0 Å². The lowest BCUT2D eigenvalue weighted by atomic mass is 10.3. The first-order valence-electron chi connectivity index (χ1n) is 6.65. The second-order valence-electron chi connectivity index (χ2n) is 4.68. The lowest BCUT2D eigenvalue weighted by molar-refractivity contribution is 0.297. The third-order valence-corrected chi connectivity index (χ3v) is 6.16. The first kappa shape index (κ1) is 14.0. The lowest BCUT2D eigenvalue weighted by Gasteiger charge is -2.25. The van der Waals surface area contributed by atoms with Crippen molar-refractivity contribution in [2.24, 2.45) is 0 Å². The van der Waals surface area contributed by atoms with Gasteiger partial charge in [-0.25, -0.2) is 8.42 Å². The van der Waals surface area contributed by atoms with Crippen molar-refractivity contribution in [3.05, 3.63) is 18.2 Å². The molecule has 1 aromatic carbocycles. The van der Waals surface area contributed by atoms with Gasteiger partial charge in [-0.1, -0.05) is 0 Å². The molecule has 0 spiro atoms. The maximum atomic E-state index is 12.6. The summed E-state index contributed by atoms with van der Waals surface area (Å²) in [5.41, 5.74) is 0. The minimum absolute atomic E-state index is 0.286. The van der Waals surface area contributed by atoms with Gasteiger partial charge in [0.25, 0.3) is 0 Å². The van der Waals surface area contributed by atoms with E-state index >= 15 is 0 Å². The highest BCUT2D eigenvalue weighted by atomic mass is 32.2. The molecule has 3 rings (SSSR count). The number of benzene rings is 1. The monoisotopic (exact) mass is 315 g/mol. The van der Waals surface area contributed by atoms with E-state index in [2.05, 4.69) is 0 Å². The topological polar surface area (TPSA) is 55.8 Å². The van der Waals surface area contributed by atoms with Crippen molar-refractivity contribution < 1.29 is 17.9 Å². The molecular weight excluding hydrogens is 298 g/mol. The van der Waals surface area contributed by atoms with E-state index in [9.17, 15) is 8.42 Å². The Morgan fingerprint density at radius 3 is 2.50 bits per heavy atom. The Kier molecular flexibility index (Phi) is 4.09. The predicted octanol–water partition coefficient (Wildman–Crippen LogP) is 1.59. The van der Waals surface area contributed by atoms with E-state index in [0.29, 0.717) is 37.8 Å². The van der Waals surface area contributed by atoms with Crippen LogP contribution in [0.25, 0.3) is 0 Å². The van der Waals surface area contributed by atoms with Crippen LogP contribution in [-0.4, -0.2) is 50.5 Å². The van der Waals surface area contributed by atoms with Crippen LogP contribution in [0.4, 0.5) is 0 Å². The summed E-state index contributed by atoms with van der Waals surface area (Å²) in [6, 6.07) is 4.87. The van der Waals surface area contributed by atoms with E-state index in [1.807, 2.05) is 0 Å². The summed E-state index contributed by atoms with van der Waals surface area (Å²) in [7, 11) is -3.42. The zero-order valence-electron chi connectivity index (χ0n) is 11.1. The highest BCUT2D eigenvalue weighted by Crippen LogP contribution is 2.33. The average molecular weight is 315 g/mol. The Balaban J connectivity index is 1.91. The molecule has 1 aromatic rings. The molecule has 2 aliphatic heterocycles. The lowest BCUT2D eigenvalue weighted by Crippen LogP contribution is -2.37. The van der Waals surface area contributed by atoms with E-state index in [0.717, 1.165) is 17.9 Å². The molecule has 0 bridgehead atoms. The van der Waals surface area contributed by atoms with Gasteiger partial charge in [0.15, 0.2) is 11.5 Å². The zero-order valence-corrected chi connectivity index (χ0v) is 12.7. The summed E-state index contributed by atoms with van der Waals surface area (Å²) in [5, 5.41) is 0. The van der Waals surface area contributed by atoms with Gasteiger partial charge in [0.1, 0.15) is 0 Å². The van der Waals surface area contributed by atoms with Crippen LogP contribution in [0.15, 0.2) is 23.1 Å². The summed E-state index contributed by atoms with van der Waals surface area (Å²) >= 11 is 1.78. The number of thioether (sulfide) groups is 1. The van der Waals surface area contributed by atoms with Crippen LogP contribution in [0.1, 0.15) is 6.42 Å². The standard InChI is InChI=1S/C13H17NO4S2/c15-20(16,14-4-8-19-9-5-14)11-2-3-12-13(10-11)18-7-1-6-17-12/h2-3,10H,1,4-9H2. The summed E-state index contributed by atoms with van der Waals surface area (Å²) in [6.45, 7) is 2.29. The number of ether oxygens (including phenoxy) is 2. The SMILES string of the molecule is O=S(=O)(c1ccc2c(c1)OCCCO2)N1CCSCC1. The number of fused-ring (bicyclic) bond motifs is 1. The normalized spacial score (nSPS) is 20.4. The molecule has 110 valence electrons. The highest BCUT2D eigenvalue weighted by Gasteiger charge is 2.27. The summed E-state index contributed by atoms with van der Waals surface area (Å²) in [5.74, 6) is 2.85. The Labute approximate surface area is 123 Å². The largest absolute Gasteiger partial charge is 0.490 e. The Morgan fingerprint density at radius 1 is 1.05 bits per heavy atom. The minimum Gasteiger partial charge on any atom is -0.490 e. The van der Waals surface area contributed by atoms with Crippen molar-refractivity contribution in [2.45, 2.75) is 11.3 Å². The van der Waals surface area contributed by atoms with Gasteiger partial charge in [-0.05, 0) is 12.1 Å². The molecule has 2 aliphatic rings. The quantitative estimate of drug-likeness (QED) is 0.829. The summed E-state index contributed by atoms with van der Waals surface area (Å²) < 4.78 is 37.8. The summed E-state index contributed by atoms with van der Waals surface area (Å²) in [4.78, 5) is 0.286. The highest BCUT2D eigenvalue weighted by molar-refractivity contribution is 7.99. The van der Waals surface area contributed by atoms with Gasteiger partial charge in [-0.15, -0.1) is 0 Å². The van der Waals surface area contributed by atoms with Crippen LogP contribution in [0.5, 0.6) is 11.5 Å². The molecule has 0 amide bonds. The smallest absolute Gasteiger partial charge is 0.243 e. The number of rotatable bonds is 2. The maximum Gasteiger partial charge on any atom is 0.243 e. The van der Waals surface area contributed by atoms with Crippen LogP contribution in [0, 0.1) is 0 Å². The van der Waals surface area contributed by atoms with Gasteiger partial charge >= 0.3 is 0 Å². The van der Waals surface area contributed by atoms with E-state index in [1.54, 1.807) is 34.3 Å². The maximum absolute atomic E-state index is 12.6. The van der Waals surface area contributed by atoms with Crippen molar-refractivity contribution in [2.75, 3.05) is 37.8 Å². The molecule has 0 aliphatic carbocycles. The van der Waals surface area contributed by atoms with Gasteiger partial charge in [-0.3, -0.25) is 0 Å². The minimum atomic E-state index is -3.42. The molecule has 0 atom stereocenters. The fourth-order valence-electron chi connectivity index (χ4n) is 2.24. The Hall–Kier alpha value is -0.920. The predicted molar refractivity (Wildman–Crippen MR) is 78.1 cm³/mol. The molecule has 0 radical (unpaired) electrons. The first-order chi connectivity index (χ1) is 9.68. The zero-order chi connectivity index (χ0) is 14.0. The Bertz CT molecular complexity index is 582. The Morgan fingerprint density at radius 2 is 1.75 bits per heavy atom. The molecule has 0 aromatic heterocycles. The van der Waals surface area contributed by atoms with Crippen molar-refractivity contribution in [3.63, 3.8) is 0 Å². The van der Waals surface area contributed by atoms with Crippen LogP contribution in [0.3, 0.4) is 0 Å². The van der Waals surface area contributed by atoms with Crippen LogP contribution in [0.2, 0.25) is 0 Å². The van der Waals surface area contributed by atoms with Crippen molar-refractivity contribution >= 4 is 21.8 Å². The number of sulfonamides is 1. The number of nitrogens with zero attached hydrogens (tertiary/aromatic N) is 1. The first-order valence-corrected chi connectivity index (χ1v) is 9.25. The third kappa shape index (κ3) is 2.75. The molecule has 2 heterocycles. The molecule has 0 saturated carbocycles. The van der Waals surface area contributed by atoms with Crippen molar-refractivity contribution in [3.8, 4) is 11.5 Å². The molecule has 1 saturated heterocycles. The molecule has 7 heteroatoms. The van der Waals surface area contributed by atoms with Crippen molar-refractivity contribution in [1.29, 1.82) is 0 Å². The average Bonchev–Trinajstić information content (AvgIpc) is 2.72. The molecule has 20 heavy (non-hydrogen) atoms. The van der Waals surface area contributed by atoms with Gasteiger partial charge in [0.05, 0.1) is 18.1 Å². The van der Waals surface area contributed by atoms with E-state index < -0.39 is 10.0 Å². The molecular formula is C13H17NO4S2. The van der Waals surface area contributed by atoms with Gasteiger partial charge < -0.3 is 9.47 Å². The molecule has 1 fully saturated rings. The summed E-state index contributed by atoms with van der Waals surface area (Å²) in [6.07, 6.45) is 0.806. The third-order valence-electron chi connectivity index (χ3n) is 3.33. The fraction of sp³-hybridized carbons (Fsp3) is 0.538. The van der Waals surface area contributed by atoms with Gasteiger partial charge in [-0.2, -0.15) is 16.1 Å². The van der Waals surface area contributed by atoms with Crippen molar-refractivity contribution in [1.82, 2.24) is 4.31 Å². The van der Waals surface area contributed by atoms with Gasteiger partial charge in [0.2, 0.25) is 10.0 Å². The molecule has 5 nitrogen and oxygen atoms in total. The van der Waals surface area contributed by atoms with Crippen LogP contribution >= 0.6 is 11.8 Å². The number of hydrogen-bond acceptors (Lipinski definition) is 5. The van der Waals surface area contributed by atoms with E-state index in [-0.39, 0.29) is 4.90 Å². The molecule has 0 N–H and O–H groups in total. The number of hydrogen-bond donors (Lipinski definition) is 0. The second kappa shape index (κ2) is 5.83. The molecule has 0 unspecified atom stereocenters. The van der Waals surface area contributed by atoms with Gasteiger partial charge in [0, 0.05) is 37.1 Å². The fourth-order valence-corrected chi connectivity index (χ4v) is 4.83. The van der Waals surface area contributed by atoms with Crippen LogP contribution < -0.4 is 9.47 Å².